The molecule has 0 aliphatic rings. The molecule has 0 radical (unpaired) electrons. The Bertz CT molecular complexity index is 921. The maximum Gasteiger partial charge on any atom is 0.251 e. The van der Waals surface area contributed by atoms with E-state index in [1.807, 2.05) is 49.5 Å². The van der Waals surface area contributed by atoms with Gasteiger partial charge in [-0.25, -0.2) is 9.37 Å². The number of carbonyl (C=O) groups excluding carboxylic acids is 1. The highest BCUT2D eigenvalue weighted by Gasteiger charge is 2.16. The lowest BCUT2D eigenvalue weighted by Gasteiger charge is -2.25. The lowest BCUT2D eigenvalue weighted by Crippen LogP contribution is -2.34. The van der Waals surface area contributed by atoms with E-state index in [4.69, 9.17) is 0 Å². The minimum Gasteiger partial charge on any atom is -0.350 e. The molecule has 1 heterocycles. The summed E-state index contributed by atoms with van der Waals surface area (Å²) in [6.07, 6.45) is 0. The van der Waals surface area contributed by atoms with Gasteiger partial charge in [0.15, 0.2) is 0 Å². The molecule has 1 aromatic heterocycles. The highest BCUT2D eigenvalue weighted by atomic mass is 32.1. The number of benzene rings is 2. The summed E-state index contributed by atoms with van der Waals surface area (Å²) in [6, 6.07) is 13.8. The molecular formula is C21H22FN3OS. The first-order chi connectivity index (χ1) is 12.9. The van der Waals surface area contributed by atoms with Crippen LogP contribution in [0.25, 0.3) is 10.6 Å². The van der Waals surface area contributed by atoms with Crippen molar-refractivity contribution < 1.29 is 9.18 Å². The van der Waals surface area contributed by atoms with E-state index < -0.39 is 0 Å². The Hall–Kier alpha value is -2.57. The molecule has 1 N–H and O–H groups in total. The molecule has 1 atom stereocenters. The first-order valence-electron chi connectivity index (χ1n) is 8.66. The number of thiazole rings is 1. The van der Waals surface area contributed by atoms with Crippen LogP contribution >= 0.6 is 11.3 Å². The molecule has 2 aromatic carbocycles. The Morgan fingerprint density at radius 1 is 1.22 bits per heavy atom. The molecule has 3 rings (SSSR count). The minimum atomic E-state index is -0.279. The third-order valence-corrected chi connectivity index (χ3v) is 5.34. The molecule has 0 aliphatic carbocycles. The number of nitrogens with one attached hydrogen (secondary N) is 1. The first kappa shape index (κ1) is 19.2. The van der Waals surface area contributed by atoms with Crippen molar-refractivity contribution in [3.8, 4) is 10.6 Å². The second-order valence-corrected chi connectivity index (χ2v) is 7.47. The number of aryl methyl sites for hydroxylation is 1. The Morgan fingerprint density at radius 2 is 1.96 bits per heavy atom. The summed E-state index contributed by atoms with van der Waals surface area (Å²) in [7, 11) is 3.82. The van der Waals surface area contributed by atoms with Crippen LogP contribution in [0.4, 0.5) is 4.39 Å². The Labute approximate surface area is 162 Å². The largest absolute Gasteiger partial charge is 0.350 e. The zero-order valence-corrected chi connectivity index (χ0v) is 16.4. The molecule has 0 saturated heterocycles. The quantitative estimate of drug-likeness (QED) is 0.691. The van der Waals surface area contributed by atoms with Crippen molar-refractivity contribution in [1.29, 1.82) is 0 Å². The third-order valence-electron chi connectivity index (χ3n) is 4.33. The predicted molar refractivity (Wildman–Crippen MR) is 107 cm³/mol. The molecule has 0 fully saturated rings. The summed E-state index contributed by atoms with van der Waals surface area (Å²) >= 11 is 1.59. The molecule has 140 valence electrons. The molecule has 27 heavy (non-hydrogen) atoms. The van der Waals surface area contributed by atoms with Crippen molar-refractivity contribution in [2.75, 3.05) is 20.6 Å². The summed E-state index contributed by atoms with van der Waals surface area (Å²) < 4.78 is 13.5. The zero-order valence-electron chi connectivity index (χ0n) is 15.6. The second kappa shape index (κ2) is 8.41. The molecule has 1 unspecified atom stereocenters. The third kappa shape index (κ3) is 4.78. The Morgan fingerprint density at radius 3 is 2.56 bits per heavy atom. The van der Waals surface area contributed by atoms with Gasteiger partial charge >= 0.3 is 0 Å². The molecule has 4 nitrogen and oxygen atoms in total. The van der Waals surface area contributed by atoms with Crippen LogP contribution in [0.3, 0.4) is 0 Å². The van der Waals surface area contributed by atoms with E-state index >= 15 is 0 Å². The number of halogens is 1. The molecule has 6 heteroatoms. The number of hydrogen-bond donors (Lipinski definition) is 1. The SMILES string of the molecule is Cc1csc(-c2ccc(C(=O)NCC(c3cccc(F)c3)N(C)C)cc2)n1. The van der Waals surface area contributed by atoms with Crippen LogP contribution in [0.2, 0.25) is 0 Å². The molecule has 0 aliphatic heterocycles. The average molecular weight is 383 g/mol. The van der Waals surface area contributed by atoms with Crippen LogP contribution in [-0.4, -0.2) is 36.4 Å². The number of likely N-dealkylation sites (N-methyl/N-ethyl adjacent to an activating group) is 1. The van der Waals surface area contributed by atoms with E-state index in [0.29, 0.717) is 12.1 Å². The molecule has 3 aromatic rings. The summed E-state index contributed by atoms with van der Waals surface area (Å²) in [6.45, 7) is 2.35. The summed E-state index contributed by atoms with van der Waals surface area (Å²) in [5.41, 5.74) is 3.40. The van der Waals surface area contributed by atoms with Gasteiger partial charge in [-0.3, -0.25) is 4.79 Å². The van der Waals surface area contributed by atoms with E-state index in [-0.39, 0.29) is 17.8 Å². The van der Waals surface area contributed by atoms with Gasteiger partial charge in [0.1, 0.15) is 10.8 Å². The first-order valence-corrected chi connectivity index (χ1v) is 9.54. The standard InChI is InChI=1S/C21H22FN3OS/c1-14-13-27-21(24-14)16-9-7-15(8-10-16)20(26)23-12-19(25(2)3)17-5-4-6-18(22)11-17/h4-11,13,19H,12H2,1-3H3,(H,23,26). The summed E-state index contributed by atoms with van der Waals surface area (Å²) in [5, 5.41) is 5.89. The number of amides is 1. The topological polar surface area (TPSA) is 45.2 Å². The second-order valence-electron chi connectivity index (χ2n) is 6.62. The van der Waals surface area contributed by atoms with Crippen molar-refractivity contribution >= 4 is 17.2 Å². The van der Waals surface area contributed by atoms with E-state index in [1.54, 1.807) is 29.5 Å². The van der Waals surface area contributed by atoms with Gasteiger partial charge in [-0.2, -0.15) is 0 Å². The molecular weight excluding hydrogens is 361 g/mol. The fourth-order valence-electron chi connectivity index (χ4n) is 2.85. The maximum absolute atomic E-state index is 13.5. The van der Waals surface area contributed by atoms with Gasteiger partial charge in [0.25, 0.3) is 5.91 Å². The van der Waals surface area contributed by atoms with Crippen molar-refractivity contribution in [2.45, 2.75) is 13.0 Å². The van der Waals surface area contributed by atoms with Gasteiger partial charge < -0.3 is 10.2 Å². The lowest BCUT2D eigenvalue weighted by atomic mass is 10.1. The number of nitrogens with zero attached hydrogens (tertiary/aromatic N) is 2. The molecule has 1 amide bonds. The highest BCUT2D eigenvalue weighted by molar-refractivity contribution is 7.13. The van der Waals surface area contributed by atoms with E-state index in [9.17, 15) is 9.18 Å². The van der Waals surface area contributed by atoms with Crippen molar-refractivity contribution in [3.63, 3.8) is 0 Å². The smallest absolute Gasteiger partial charge is 0.251 e. The fraction of sp³-hybridized carbons (Fsp3) is 0.238. The van der Waals surface area contributed by atoms with E-state index in [1.165, 1.54) is 12.1 Å². The fourth-order valence-corrected chi connectivity index (χ4v) is 3.66. The zero-order chi connectivity index (χ0) is 19.4. The van der Waals surface area contributed by atoms with E-state index in [2.05, 4.69) is 10.3 Å². The van der Waals surface area contributed by atoms with Crippen LogP contribution in [0.5, 0.6) is 0 Å². The van der Waals surface area contributed by atoms with Crippen molar-refractivity contribution in [1.82, 2.24) is 15.2 Å². The molecule has 0 spiro atoms. The van der Waals surface area contributed by atoms with Gasteiger partial charge in [-0.1, -0.05) is 24.3 Å². The van der Waals surface area contributed by atoms with Crippen LogP contribution in [0.15, 0.2) is 53.9 Å². The Balaban J connectivity index is 1.67. The number of hydrogen-bond acceptors (Lipinski definition) is 4. The highest BCUT2D eigenvalue weighted by Crippen LogP contribution is 2.24. The summed E-state index contributed by atoms with van der Waals surface area (Å²) in [5.74, 6) is -0.432. The molecule has 0 bridgehead atoms. The van der Waals surface area contributed by atoms with Crippen LogP contribution < -0.4 is 5.32 Å². The normalized spacial score (nSPS) is 12.2. The van der Waals surface area contributed by atoms with Crippen LogP contribution in [0.1, 0.15) is 27.7 Å². The van der Waals surface area contributed by atoms with Crippen LogP contribution in [-0.2, 0) is 0 Å². The molecule has 0 saturated carbocycles. The monoisotopic (exact) mass is 383 g/mol. The Kier molecular flexibility index (Phi) is 5.98. The van der Waals surface area contributed by atoms with Crippen molar-refractivity contribution in [2.24, 2.45) is 0 Å². The van der Waals surface area contributed by atoms with E-state index in [0.717, 1.165) is 21.8 Å². The maximum atomic E-state index is 13.5. The minimum absolute atomic E-state index is 0.109. The number of carbonyl (C=O) groups is 1. The van der Waals surface area contributed by atoms with Gasteiger partial charge in [0.2, 0.25) is 0 Å². The van der Waals surface area contributed by atoms with Gasteiger partial charge in [-0.15, -0.1) is 11.3 Å². The number of aromatic nitrogens is 1. The van der Waals surface area contributed by atoms with Crippen molar-refractivity contribution in [3.05, 3.63) is 76.5 Å². The van der Waals surface area contributed by atoms with Gasteiger partial charge in [0.05, 0.1) is 6.04 Å². The predicted octanol–water partition coefficient (Wildman–Crippen LogP) is 4.29. The lowest BCUT2D eigenvalue weighted by molar-refractivity contribution is 0.0942. The average Bonchev–Trinajstić information content (AvgIpc) is 3.08. The summed E-state index contributed by atoms with van der Waals surface area (Å²) in [4.78, 5) is 18.9. The van der Waals surface area contributed by atoms with Gasteiger partial charge in [-0.05, 0) is 50.8 Å². The van der Waals surface area contributed by atoms with Gasteiger partial charge in [0, 0.05) is 28.7 Å². The van der Waals surface area contributed by atoms with Crippen LogP contribution in [0, 0.1) is 12.7 Å². The number of rotatable bonds is 6.